The van der Waals surface area contributed by atoms with Crippen LogP contribution in [-0.2, 0) is 0 Å². The first kappa shape index (κ1) is 14.1. The Kier molecular flexibility index (Phi) is 3.43. The van der Waals surface area contributed by atoms with Crippen LogP contribution in [0.5, 0.6) is 0 Å². The van der Waals surface area contributed by atoms with Crippen molar-refractivity contribution in [3.05, 3.63) is 34.4 Å². The molecule has 0 radical (unpaired) electrons. The SMILES string of the molecule is Cc1cc(C)c(C(=O)N2CC(O)CC2(C)C)cc1C. The number of likely N-dealkylation sites (tertiary alicyclic amines) is 1. The Labute approximate surface area is 115 Å². The van der Waals surface area contributed by atoms with Gasteiger partial charge in [-0.1, -0.05) is 6.07 Å². The number of carbonyl (C=O) groups excluding carboxylic acids is 1. The predicted molar refractivity (Wildman–Crippen MR) is 76.4 cm³/mol. The Bertz CT molecular complexity index is 520. The molecule has 0 aromatic heterocycles. The van der Waals surface area contributed by atoms with E-state index in [1.54, 1.807) is 4.90 Å². The number of nitrogens with zero attached hydrogens (tertiary/aromatic N) is 1. The molecule has 1 heterocycles. The van der Waals surface area contributed by atoms with Gasteiger partial charge in [0.1, 0.15) is 0 Å². The molecular weight excluding hydrogens is 238 g/mol. The second-order valence-corrected chi connectivity index (χ2v) is 6.34. The van der Waals surface area contributed by atoms with Crippen molar-refractivity contribution in [3.63, 3.8) is 0 Å². The molecule has 0 saturated carbocycles. The highest BCUT2D eigenvalue weighted by molar-refractivity contribution is 5.96. The Balaban J connectivity index is 2.38. The summed E-state index contributed by atoms with van der Waals surface area (Å²) in [5, 5.41) is 9.81. The molecule has 0 spiro atoms. The number of β-amino-alcohol motifs (C(OH)–C–C–N with tert-alkyl or cyclic N) is 1. The fraction of sp³-hybridized carbons (Fsp3) is 0.562. The summed E-state index contributed by atoms with van der Waals surface area (Å²) in [5.74, 6) is 0.0298. The van der Waals surface area contributed by atoms with Gasteiger partial charge in [-0.15, -0.1) is 0 Å². The number of benzene rings is 1. The lowest BCUT2D eigenvalue weighted by Gasteiger charge is -2.31. The van der Waals surface area contributed by atoms with Gasteiger partial charge in [0, 0.05) is 17.6 Å². The summed E-state index contributed by atoms with van der Waals surface area (Å²) in [7, 11) is 0. The quantitative estimate of drug-likeness (QED) is 0.844. The maximum Gasteiger partial charge on any atom is 0.254 e. The molecule has 3 nitrogen and oxygen atoms in total. The number of carbonyl (C=O) groups is 1. The Hall–Kier alpha value is -1.35. The summed E-state index contributed by atoms with van der Waals surface area (Å²) in [6.45, 7) is 10.5. The van der Waals surface area contributed by atoms with E-state index in [2.05, 4.69) is 13.0 Å². The van der Waals surface area contributed by atoms with Gasteiger partial charge in [-0.05, 0) is 63.8 Å². The summed E-state index contributed by atoms with van der Waals surface area (Å²) >= 11 is 0. The molecule has 0 bridgehead atoms. The molecule has 1 aromatic carbocycles. The first-order valence-electron chi connectivity index (χ1n) is 6.80. The van der Waals surface area contributed by atoms with E-state index in [0.717, 1.165) is 16.7 Å². The second kappa shape index (κ2) is 4.64. The number of hydrogen-bond donors (Lipinski definition) is 1. The molecule has 1 N–H and O–H groups in total. The van der Waals surface area contributed by atoms with Crippen molar-refractivity contribution in [2.75, 3.05) is 6.54 Å². The predicted octanol–water partition coefficient (Wildman–Crippen LogP) is 2.60. The Morgan fingerprint density at radius 3 is 2.32 bits per heavy atom. The van der Waals surface area contributed by atoms with Crippen molar-refractivity contribution in [2.24, 2.45) is 0 Å². The number of aryl methyl sites for hydroxylation is 3. The lowest BCUT2D eigenvalue weighted by atomic mass is 9.97. The highest BCUT2D eigenvalue weighted by atomic mass is 16.3. The summed E-state index contributed by atoms with van der Waals surface area (Å²) in [6.07, 6.45) is 0.230. The molecule has 3 heteroatoms. The molecule has 0 aliphatic carbocycles. The van der Waals surface area contributed by atoms with Crippen molar-refractivity contribution in [2.45, 2.75) is 52.7 Å². The number of rotatable bonds is 1. The largest absolute Gasteiger partial charge is 0.391 e. The molecule has 1 saturated heterocycles. The third-order valence-corrected chi connectivity index (χ3v) is 4.18. The van der Waals surface area contributed by atoms with Crippen LogP contribution >= 0.6 is 0 Å². The van der Waals surface area contributed by atoms with Crippen molar-refractivity contribution >= 4 is 5.91 Å². The van der Waals surface area contributed by atoms with E-state index in [0.29, 0.717) is 13.0 Å². The van der Waals surface area contributed by atoms with Crippen LogP contribution in [0, 0.1) is 20.8 Å². The highest BCUT2D eigenvalue weighted by Crippen LogP contribution is 2.31. The average molecular weight is 261 g/mol. The van der Waals surface area contributed by atoms with Gasteiger partial charge in [-0.3, -0.25) is 4.79 Å². The fourth-order valence-electron chi connectivity index (χ4n) is 2.90. The van der Waals surface area contributed by atoms with Gasteiger partial charge in [0.25, 0.3) is 5.91 Å². The van der Waals surface area contributed by atoms with Crippen LogP contribution in [0.15, 0.2) is 12.1 Å². The van der Waals surface area contributed by atoms with E-state index in [9.17, 15) is 9.90 Å². The summed E-state index contributed by atoms with van der Waals surface area (Å²) in [4.78, 5) is 14.5. The first-order valence-corrected chi connectivity index (χ1v) is 6.80. The second-order valence-electron chi connectivity index (χ2n) is 6.34. The zero-order valence-electron chi connectivity index (χ0n) is 12.4. The monoisotopic (exact) mass is 261 g/mol. The zero-order valence-corrected chi connectivity index (χ0v) is 12.4. The van der Waals surface area contributed by atoms with E-state index in [1.807, 2.05) is 33.8 Å². The van der Waals surface area contributed by atoms with Crippen LogP contribution in [0.25, 0.3) is 0 Å². The normalized spacial score (nSPS) is 21.8. The zero-order chi connectivity index (χ0) is 14.4. The molecule has 1 aromatic rings. The minimum absolute atomic E-state index is 0.0298. The molecule has 104 valence electrons. The minimum atomic E-state index is -0.411. The number of hydrogen-bond acceptors (Lipinski definition) is 2. The Morgan fingerprint density at radius 2 is 1.79 bits per heavy atom. The van der Waals surface area contributed by atoms with Crippen LogP contribution < -0.4 is 0 Å². The first-order chi connectivity index (χ1) is 8.72. The van der Waals surface area contributed by atoms with E-state index < -0.39 is 6.10 Å². The molecule has 2 rings (SSSR count). The average Bonchev–Trinajstić information content (AvgIpc) is 2.56. The van der Waals surface area contributed by atoms with Crippen LogP contribution in [0.3, 0.4) is 0 Å². The van der Waals surface area contributed by atoms with Crippen molar-refractivity contribution < 1.29 is 9.90 Å². The molecular formula is C16H23NO2. The topological polar surface area (TPSA) is 40.5 Å². The van der Waals surface area contributed by atoms with Gasteiger partial charge >= 0.3 is 0 Å². The molecule has 1 amide bonds. The molecule has 1 aliphatic heterocycles. The van der Waals surface area contributed by atoms with Crippen LogP contribution in [-0.4, -0.2) is 34.1 Å². The standard InChI is InChI=1S/C16H23NO2/c1-10-6-12(3)14(7-11(10)2)15(19)17-9-13(18)8-16(17,4)5/h6-7,13,18H,8-9H2,1-5H3. The van der Waals surface area contributed by atoms with Crippen LogP contribution in [0.2, 0.25) is 0 Å². The van der Waals surface area contributed by atoms with E-state index >= 15 is 0 Å². The third-order valence-electron chi connectivity index (χ3n) is 4.18. The molecule has 1 fully saturated rings. The van der Waals surface area contributed by atoms with Gasteiger partial charge in [-0.2, -0.15) is 0 Å². The summed E-state index contributed by atoms with van der Waals surface area (Å²) in [6, 6.07) is 4.02. The van der Waals surface area contributed by atoms with E-state index in [1.165, 1.54) is 5.56 Å². The van der Waals surface area contributed by atoms with E-state index in [4.69, 9.17) is 0 Å². The Morgan fingerprint density at radius 1 is 1.21 bits per heavy atom. The highest BCUT2D eigenvalue weighted by Gasteiger charge is 2.40. The lowest BCUT2D eigenvalue weighted by Crippen LogP contribution is -2.43. The molecule has 1 aliphatic rings. The summed E-state index contributed by atoms with van der Waals surface area (Å²) in [5.41, 5.74) is 3.82. The van der Waals surface area contributed by atoms with Gasteiger partial charge in [0.15, 0.2) is 0 Å². The number of aliphatic hydroxyl groups excluding tert-OH is 1. The van der Waals surface area contributed by atoms with Crippen LogP contribution in [0.1, 0.15) is 47.3 Å². The number of aliphatic hydroxyl groups is 1. The minimum Gasteiger partial charge on any atom is -0.391 e. The lowest BCUT2D eigenvalue weighted by molar-refractivity contribution is 0.0640. The maximum absolute atomic E-state index is 12.7. The number of amides is 1. The van der Waals surface area contributed by atoms with Crippen molar-refractivity contribution in [1.82, 2.24) is 4.90 Å². The van der Waals surface area contributed by atoms with Gasteiger partial charge < -0.3 is 10.0 Å². The van der Waals surface area contributed by atoms with Gasteiger partial charge in [0.2, 0.25) is 0 Å². The fourth-order valence-corrected chi connectivity index (χ4v) is 2.90. The molecule has 19 heavy (non-hydrogen) atoms. The van der Waals surface area contributed by atoms with Crippen molar-refractivity contribution in [3.8, 4) is 0 Å². The van der Waals surface area contributed by atoms with Gasteiger partial charge in [-0.25, -0.2) is 0 Å². The van der Waals surface area contributed by atoms with Gasteiger partial charge in [0.05, 0.1) is 6.10 Å². The smallest absolute Gasteiger partial charge is 0.254 e. The third kappa shape index (κ3) is 2.52. The molecule has 1 unspecified atom stereocenters. The maximum atomic E-state index is 12.7. The van der Waals surface area contributed by atoms with Crippen LogP contribution in [0.4, 0.5) is 0 Å². The van der Waals surface area contributed by atoms with E-state index in [-0.39, 0.29) is 11.4 Å². The molecule has 1 atom stereocenters. The summed E-state index contributed by atoms with van der Waals surface area (Å²) < 4.78 is 0. The van der Waals surface area contributed by atoms with Crippen molar-refractivity contribution in [1.29, 1.82) is 0 Å².